The van der Waals surface area contributed by atoms with Gasteiger partial charge in [0, 0.05) is 11.1 Å². The van der Waals surface area contributed by atoms with Crippen molar-refractivity contribution in [2.75, 3.05) is 5.32 Å². The van der Waals surface area contributed by atoms with E-state index in [1.54, 1.807) is 12.1 Å². The quantitative estimate of drug-likeness (QED) is 0.723. The fraction of sp³-hybridized carbons (Fsp3) is 0.167. The third-order valence-electron chi connectivity index (χ3n) is 3.60. The summed E-state index contributed by atoms with van der Waals surface area (Å²) >= 11 is 0. The minimum absolute atomic E-state index is 0.167. The number of amides is 1. The number of nitrogens with one attached hydrogen (secondary N) is 2. The molecule has 0 aliphatic heterocycles. The van der Waals surface area contributed by atoms with Gasteiger partial charge in [0.05, 0.1) is 5.52 Å². The number of para-hydroxylation sites is 1. The molecule has 1 atom stereocenters. The van der Waals surface area contributed by atoms with Crippen molar-refractivity contribution in [1.82, 2.24) is 10.2 Å². The van der Waals surface area contributed by atoms with Gasteiger partial charge in [-0.05, 0) is 37.6 Å². The lowest BCUT2D eigenvalue weighted by atomic mass is 10.2. The number of aromatic nitrogens is 2. The SMILES string of the molecule is Cc1cccc(NC(=O)[C@@H](C)OC(=O)c2n[nH]c3ccccc23)c1. The molecule has 6 nitrogen and oxygen atoms in total. The molecular formula is C18H17N3O3. The van der Waals surface area contributed by atoms with Crippen LogP contribution >= 0.6 is 0 Å². The molecule has 0 bridgehead atoms. The Balaban J connectivity index is 1.68. The molecule has 2 N–H and O–H groups in total. The van der Waals surface area contributed by atoms with E-state index in [4.69, 9.17) is 4.74 Å². The molecule has 2 aromatic carbocycles. The standard InChI is InChI=1S/C18H17N3O3/c1-11-6-5-7-13(10-11)19-17(22)12(2)24-18(23)16-14-8-3-4-9-15(14)20-21-16/h3-10,12H,1-2H3,(H,19,22)(H,20,21)/t12-/m1/s1. The summed E-state index contributed by atoms with van der Waals surface area (Å²) in [6.07, 6.45) is -0.937. The Morgan fingerprint density at radius 1 is 1.17 bits per heavy atom. The molecule has 122 valence electrons. The second kappa shape index (κ2) is 6.54. The summed E-state index contributed by atoms with van der Waals surface area (Å²) in [6.45, 7) is 3.46. The van der Waals surface area contributed by atoms with Gasteiger partial charge in [0.1, 0.15) is 0 Å². The first-order valence-corrected chi connectivity index (χ1v) is 7.56. The molecule has 1 heterocycles. The van der Waals surface area contributed by atoms with Crippen LogP contribution in [0.15, 0.2) is 48.5 Å². The van der Waals surface area contributed by atoms with Crippen molar-refractivity contribution in [3.63, 3.8) is 0 Å². The van der Waals surface area contributed by atoms with E-state index in [-0.39, 0.29) is 5.69 Å². The Morgan fingerprint density at radius 3 is 2.75 bits per heavy atom. The van der Waals surface area contributed by atoms with Gasteiger partial charge >= 0.3 is 5.97 Å². The number of carbonyl (C=O) groups is 2. The maximum atomic E-state index is 12.3. The molecular weight excluding hydrogens is 306 g/mol. The van der Waals surface area contributed by atoms with Gasteiger partial charge in [-0.25, -0.2) is 4.79 Å². The molecule has 0 aliphatic rings. The van der Waals surface area contributed by atoms with Crippen LogP contribution in [-0.2, 0) is 9.53 Å². The van der Waals surface area contributed by atoms with Crippen LogP contribution in [0.1, 0.15) is 23.0 Å². The summed E-state index contributed by atoms with van der Waals surface area (Å²) in [7, 11) is 0. The van der Waals surface area contributed by atoms with E-state index < -0.39 is 18.0 Å². The Labute approximate surface area is 138 Å². The fourth-order valence-electron chi connectivity index (χ4n) is 2.36. The predicted molar refractivity (Wildman–Crippen MR) is 90.8 cm³/mol. The van der Waals surface area contributed by atoms with Crippen molar-refractivity contribution in [3.05, 3.63) is 59.8 Å². The summed E-state index contributed by atoms with van der Waals surface area (Å²) in [6, 6.07) is 14.6. The van der Waals surface area contributed by atoms with E-state index in [1.807, 2.05) is 43.3 Å². The second-order valence-electron chi connectivity index (χ2n) is 5.52. The van der Waals surface area contributed by atoms with Crippen LogP contribution in [0.5, 0.6) is 0 Å². The van der Waals surface area contributed by atoms with Crippen molar-refractivity contribution in [3.8, 4) is 0 Å². The molecule has 0 unspecified atom stereocenters. The number of benzene rings is 2. The second-order valence-corrected chi connectivity index (χ2v) is 5.52. The highest BCUT2D eigenvalue weighted by Crippen LogP contribution is 2.17. The molecule has 0 radical (unpaired) electrons. The zero-order chi connectivity index (χ0) is 17.1. The molecule has 0 aliphatic carbocycles. The first kappa shape index (κ1) is 15.7. The van der Waals surface area contributed by atoms with E-state index >= 15 is 0 Å². The van der Waals surface area contributed by atoms with Crippen molar-refractivity contribution < 1.29 is 14.3 Å². The van der Waals surface area contributed by atoms with Crippen LogP contribution in [0.25, 0.3) is 10.9 Å². The van der Waals surface area contributed by atoms with E-state index in [0.717, 1.165) is 11.1 Å². The molecule has 1 aromatic heterocycles. The number of carbonyl (C=O) groups excluding carboxylic acids is 2. The molecule has 0 fully saturated rings. The van der Waals surface area contributed by atoms with Crippen molar-refractivity contribution in [1.29, 1.82) is 0 Å². The Bertz CT molecular complexity index is 901. The Hall–Kier alpha value is -3.15. The summed E-state index contributed by atoms with van der Waals surface area (Å²) in [5, 5.41) is 10.1. The van der Waals surface area contributed by atoms with Crippen molar-refractivity contribution in [2.45, 2.75) is 20.0 Å². The highest BCUT2D eigenvalue weighted by Gasteiger charge is 2.22. The lowest BCUT2D eigenvalue weighted by Crippen LogP contribution is -2.30. The summed E-state index contributed by atoms with van der Waals surface area (Å²) < 4.78 is 5.23. The maximum absolute atomic E-state index is 12.3. The first-order valence-electron chi connectivity index (χ1n) is 7.56. The maximum Gasteiger partial charge on any atom is 0.360 e. The van der Waals surface area contributed by atoms with Crippen LogP contribution in [0, 0.1) is 6.92 Å². The average Bonchev–Trinajstić information content (AvgIpc) is 2.99. The van der Waals surface area contributed by atoms with Crippen molar-refractivity contribution >= 4 is 28.5 Å². The molecule has 3 aromatic rings. The number of nitrogens with zero attached hydrogens (tertiary/aromatic N) is 1. The van der Waals surface area contributed by atoms with Gasteiger partial charge in [-0.15, -0.1) is 0 Å². The van der Waals surface area contributed by atoms with Gasteiger partial charge in [-0.3, -0.25) is 9.89 Å². The number of hydrogen-bond acceptors (Lipinski definition) is 4. The number of ether oxygens (including phenoxy) is 1. The average molecular weight is 323 g/mol. The zero-order valence-electron chi connectivity index (χ0n) is 13.4. The monoisotopic (exact) mass is 323 g/mol. The smallest absolute Gasteiger partial charge is 0.360 e. The largest absolute Gasteiger partial charge is 0.448 e. The van der Waals surface area contributed by atoms with Gasteiger partial charge in [0.2, 0.25) is 0 Å². The number of fused-ring (bicyclic) bond motifs is 1. The molecule has 0 saturated heterocycles. The van der Waals surface area contributed by atoms with Crippen LogP contribution in [0.3, 0.4) is 0 Å². The van der Waals surface area contributed by atoms with Crippen LogP contribution in [-0.4, -0.2) is 28.2 Å². The van der Waals surface area contributed by atoms with Crippen LogP contribution in [0.4, 0.5) is 5.69 Å². The minimum atomic E-state index is -0.937. The van der Waals surface area contributed by atoms with E-state index in [2.05, 4.69) is 15.5 Å². The first-order chi connectivity index (χ1) is 11.5. The number of esters is 1. The number of H-pyrrole nitrogens is 1. The molecule has 0 saturated carbocycles. The molecule has 24 heavy (non-hydrogen) atoms. The highest BCUT2D eigenvalue weighted by molar-refractivity contribution is 6.03. The lowest BCUT2D eigenvalue weighted by molar-refractivity contribution is -0.123. The number of anilines is 1. The Morgan fingerprint density at radius 2 is 1.96 bits per heavy atom. The number of aromatic amines is 1. The van der Waals surface area contributed by atoms with Gasteiger partial charge < -0.3 is 10.1 Å². The zero-order valence-corrected chi connectivity index (χ0v) is 13.4. The van der Waals surface area contributed by atoms with Gasteiger partial charge in [0.25, 0.3) is 5.91 Å². The fourth-order valence-corrected chi connectivity index (χ4v) is 2.36. The number of hydrogen-bond donors (Lipinski definition) is 2. The van der Waals surface area contributed by atoms with E-state index in [1.165, 1.54) is 6.92 Å². The number of aryl methyl sites for hydroxylation is 1. The van der Waals surface area contributed by atoms with Crippen LogP contribution in [0.2, 0.25) is 0 Å². The Kier molecular flexibility index (Phi) is 4.29. The van der Waals surface area contributed by atoms with Gasteiger partial charge in [-0.2, -0.15) is 5.10 Å². The van der Waals surface area contributed by atoms with Gasteiger partial charge in [0.15, 0.2) is 11.8 Å². The molecule has 6 heteroatoms. The number of rotatable bonds is 4. The van der Waals surface area contributed by atoms with E-state index in [9.17, 15) is 9.59 Å². The van der Waals surface area contributed by atoms with Crippen molar-refractivity contribution in [2.24, 2.45) is 0 Å². The summed E-state index contributed by atoms with van der Waals surface area (Å²) in [5.41, 5.74) is 2.59. The summed E-state index contributed by atoms with van der Waals surface area (Å²) in [5.74, 6) is -1.03. The normalized spacial score (nSPS) is 11.9. The lowest BCUT2D eigenvalue weighted by Gasteiger charge is -2.13. The minimum Gasteiger partial charge on any atom is -0.448 e. The molecule has 1 amide bonds. The topological polar surface area (TPSA) is 84.1 Å². The highest BCUT2D eigenvalue weighted by atomic mass is 16.5. The van der Waals surface area contributed by atoms with Crippen LogP contribution < -0.4 is 5.32 Å². The predicted octanol–water partition coefficient (Wildman–Crippen LogP) is 3.06. The molecule has 3 rings (SSSR count). The summed E-state index contributed by atoms with van der Waals surface area (Å²) in [4.78, 5) is 24.4. The molecule has 0 spiro atoms. The third kappa shape index (κ3) is 3.27. The third-order valence-corrected chi connectivity index (χ3v) is 3.60. The van der Waals surface area contributed by atoms with Gasteiger partial charge in [-0.1, -0.05) is 30.3 Å². The van der Waals surface area contributed by atoms with E-state index in [0.29, 0.717) is 11.1 Å².